The van der Waals surface area contributed by atoms with Crippen LogP contribution in [0.25, 0.3) is 22.3 Å². The molecule has 2 aliphatic rings. The van der Waals surface area contributed by atoms with Crippen molar-refractivity contribution in [3.63, 3.8) is 0 Å². The second kappa shape index (κ2) is 9.23. The molecule has 0 spiro atoms. The Hall–Kier alpha value is -3.39. The second-order valence-corrected chi connectivity index (χ2v) is 8.78. The highest BCUT2D eigenvalue weighted by Crippen LogP contribution is 2.33. The lowest BCUT2D eigenvalue weighted by molar-refractivity contribution is 0.0825. The van der Waals surface area contributed by atoms with E-state index >= 15 is 0 Å². The lowest BCUT2D eigenvalue weighted by Crippen LogP contribution is -2.34. The number of carbonyl (C=O) groups is 1. The predicted molar refractivity (Wildman–Crippen MR) is 125 cm³/mol. The number of fused-ring (bicyclic) bond motifs is 1. The van der Waals surface area contributed by atoms with Crippen LogP contribution in [0, 0.1) is 12.8 Å². The van der Waals surface area contributed by atoms with Crippen LogP contribution in [0.1, 0.15) is 18.4 Å². The number of aromatic hydroxyl groups is 1. The summed E-state index contributed by atoms with van der Waals surface area (Å²) in [6.45, 7) is 5.31. The van der Waals surface area contributed by atoms with Crippen molar-refractivity contribution in [2.45, 2.75) is 25.9 Å². The summed E-state index contributed by atoms with van der Waals surface area (Å²) in [6, 6.07) is 13.3. The van der Waals surface area contributed by atoms with Crippen LogP contribution in [0.2, 0.25) is 0 Å². The number of aryl methyl sites for hydroxylation is 1. The monoisotopic (exact) mass is 448 g/mol. The van der Waals surface area contributed by atoms with E-state index in [1.807, 2.05) is 25.1 Å². The van der Waals surface area contributed by atoms with E-state index in [1.54, 1.807) is 12.1 Å². The SMILES string of the molecule is Cc1ccc2c(N3CCC(CNC(=O)O[C@@H]4CCOC4)C3)nc(-c3ccccc3O)nc2c1. The maximum atomic E-state index is 12.1. The zero-order valence-corrected chi connectivity index (χ0v) is 18.7. The molecule has 1 aromatic heterocycles. The third-order valence-electron chi connectivity index (χ3n) is 6.26. The van der Waals surface area contributed by atoms with Gasteiger partial charge in [-0.2, -0.15) is 0 Å². The summed E-state index contributed by atoms with van der Waals surface area (Å²) in [5, 5.41) is 14.2. The molecule has 2 fully saturated rings. The third kappa shape index (κ3) is 4.71. The molecule has 0 aliphatic carbocycles. The molecule has 2 N–H and O–H groups in total. The van der Waals surface area contributed by atoms with Gasteiger partial charge in [-0.15, -0.1) is 0 Å². The van der Waals surface area contributed by atoms with Gasteiger partial charge in [0, 0.05) is 31.4 Å². The number of aromatic nitrogens is 2. The number of carbonyl (C=O) groups excluding carboxylic acids is 1. The average Bonchev–Trinajstić information content (AvgIpc) is 3.49. The molecule has 3 heterocycles. The van der Waals surface area contributed by atoms with Crippen molar-refractivity contribution >= 4 is 22.8 Å². The van der Waals surface area contributed by atoms with Crippen LogP contribution in [0.15, 0.2) is 42.5 Å². The van der Waals surface area contributed by atoms with Gasteiger partial charge in [-0.05, 0) is 49.1 Å². The highest BCUT2D eigenvalue weighted by atomic mass is 16.6. The molecule has 172 valence electrons. The molecule has 1 amide bonds. The van der Waals surface area contributed by atoms with Crippen LogP contribution in [-0.4, -0.2) is 60.1 Å². The van der Waals surface area contributed by atoms with Gasteiger partial charge in [-0.1, -0.05) is 18.2 Å². The zero-order chi connectivity index (χ0) is 22.8. The Balaban J connectivity index is 1.34. The van der Waals surface area contributed by atoms with E-state index in [0.717, 1.165) is 48.2 Å². The summed E-state index contributed by atoms with van der Waals surface area (Å²) in [5.41, 5.74) is 2.57. The number of phenolic OH excluding ortho intramolecular Hbond substituents is 1. The van der Waals surface area contributed by atoms with Gasteiger partial charge in [0.25, 0.3) is 0 Å². The molecular formula is C25H28N4O4. The van der Waals surface area contributed by atoms with Crippen LogP contribution in [0.5, 0.6) is 5.75 Å². The molecule has 5 rings (SSSR count). The van der Waals surface area contributed by atoms with Gasteiger partial charge in [0.05, 0.1) is 24.3 Å². The third-order valence-corrected chi connectivity index (χ3v) is 6.26. The van der Waals surface area contributed by atoms with Crippen LogP contribution in [0.3, 0.4) is 0 Å². The summed E-state index contributed by atoms with van der Waals surface area (Å²) >= 11 is 0. The first-order valence-corrected chi connectivity index (χ1v) is 11.4. The van der Waals surface area contributed by atoms with Crippen molar-refractivity contribution in [1.82, 2.24) is 15.3 Å². The molecule has 33 heavy (non-hydrogen) atoms. The maximum Gasteiger partial charge on any atom is 0.407 e. The van der Waals surface area contributed by atoms with E-state index in [-0.39, 0.29) is 17.9 Å². The number of hydrogen-bond acceptors (Lipinski definition) is 7. The molecular weight excluding hydrogens is 420 g/mol. The zero-order valence-electron chi connectivity index (χ0n) is 18.7. The molecule has 2 atom stereocenters. The van der Waals surface area contributed by atoms with Gasteiger partial charge >= 0.3 is 6.09 Å². The van der Waals surface area contributed by atoms with Crippen molar-refractivity contribution < 1.29 is 19.4 Å². The minimum Gasteiger partial charge on any atom is -0.507 e. The molecule has 3 aromatic rings. The predicted octanol–water partition coefficient (Wildman–Crippen LogP) is 3.65. The summed E-state index contributed by atoms with van der Waals surface area (Å²) in [6.07, 6.45) is 1.17. The number of anilines is 1. The molecule has 8 heteroatoms. The van der Waals surface area contributed by atoms with Gasteiger partial charge in [0.1, 0.15) is 17.7 Å². The molecule has 1 unspecified atom stereocenters. The first-order valence-electron chi connectivity index (χ1n) is 11.4. The maximum absolute atomic E-state index is 12.1. The Morgan fingerprint density at radius 2 is 2.12 bits per heavy atom. The van der Waals surface area contributed by atoms with Crippen molar-refractivity contribution in [1.29, 1.82) is 0 Å². The first kappa shape index (κ1) is 21.5. The van der Waals surface area contributed by atoms with E-state index < -0.39 is 0 Å². The number of para-hydroxylation sites is 1. The standard InChI is InChI=1S/C25H28N4O4/c1-16-6-7-19-21(12-16)27-23(20-4-2-3-5-22(20)30)28-24(19)29-10-8-17(14-29)13-26-25(31)33-18-9-11-32-15-18/h2-7,12,17-18,30H,8-11,13-15H2,1H3,(H,26,31)/t17?,18-/m1/s1. The van der Waals surface area contributed by atoms with Crippen LogP contribution < -0.4 is 10.2 Å². The van der Waals surface area contributed by atoms with Crippen molar-refractivity contribution in [3.05, 3.63) is 48.0 Å². The normalized spacial score (nSPS) is 20.3. The molecule has 0 radical (unpaired) electrons. The molecule has 0 bridgehead atoms. The first-order chi connectivity index (χ1) is 16.1. The Morgan fingerprint density at radius 3 is 2.94 bits per heavy atom. The Labute approximate surface area is 192 Å². The number of alkyl carbamates (subject to hydrolysis) is 1. The van der Waals surface area contributed by atoms with Crippen molar-refractivity contribution in [3.8, 4) is 17.1 Å². The topological polar surface area (TPSA) is 96.8 Å². The van der Waals surface area contributed by atoms with Gasteiger partial charge in [-0.3, -0.25) is 0 Å². The Kier molecular flexibility index (Phi) is 6.00. The summed E-state index contributed by atoms with van der Waals surface area (Å²) in [7, 11) is 0. The van der Waals surface area contributed by atoms with Crippen molar-refractivity contribution in [2.24, 2.45) is 5.92 Å². The quantitative estimate of drug-likeness (QED) is 0.615. The highest BCUT2D eigenvalue weighted by Gasteiger charge is 2.27. The number of ether oxygens (including phenoxy) is 2. The smallest absolute Gasteiger partial charge is 0.407 e. The number of nitrogens with one attached hydrogen (secondary N) is 1. The summed E-state index contributed by atoms with van der Waals surface area (Å²) in [4.78, 5) is 24.0. The van der Waals surface area contributed by atoms with Gasteiger partial charge < -0.3 is 24.8 Å². The average molecular weight is 449 g/mol. The second-order valence-electron chi connectivity index (χ2n) is 8.78. The fourth-order valence-electron chi connectivity index (χ4n) is 4.47. The molecule has 2 aliphatic heterocycles. The number of nitrogens with zero attached hydrogens (tertiary/aromatic N) is 3. The van der Waals surface area contributed by atoms with Gasteiger partial charge in [0.15, 0.2) is 5.82 Å². The number of benzene rings is 2. The van der Waals surface area contributed by atoms with E-state index in [9.17, 15) is 9.90 Å². The largest absolute Gasteiger partial charge is 0.507 e. The van der Waals surface area contributed by atoms with Gasteiger partial charge in [-0.25, -0.2) is 14.8 Å². The fraction of sp³-hybridized carbons (Fsp3) is 0.400. The molecule has 0 saturated carbocycles. The minimum absolute atomic E-state index is 0.145. The highest BCUT2D eigenvalue weighted by molar-refractivity contribution is 5.92. The molecule has 2 saturated heterocycles. The van der Waals surface area contributed by atoms with E-state index in [2.05, 4.69) is 22.3 Å². The summed E-state index contributed by atoms with van der Waals surface area (Å²) in [5.74, 6) is 1.81. The number of rotatable bonds is 5. The number of phenols is 1. The Morgan fingerprint density at radius 1 is 1.24 bits per heavy atom. The number of hydrogen-bond donors (Lipinski definition) is 2. The van der Waals surface area contributed by atoms with E-state index in [4.69, 9.17) is 19.4 Å². The minimum atomic E-state index is -0.381. The lowest BCUT2D eigenvalue weighted by atomic mass is 10.1. The van der Waals surface area contributed by atoms with E-state index in [0.29, 0.717) is 37.1 Å². The number of amides is 1. The Bertz CT molecular complexity index is 1160. The fourth-order valence-corrected chi connectivity index (χ4v) is 4.47. The molecule has 2 aromatic carbocycles. The van der Waals surface area contributed by atoms with Gasteiger partial charge in [0.2, 0.25) is 0 Å². The van der Waals surface area contributed by atoms with Crippen molar-refractivity contribution in [2.75, 3.05) is 37.7 Å². The van der Waals surface area contributed by atoms with E-state index in [1.165, 1.54) is 0 Å². The summed E-state index contributed by atoms with van der Waals surface area (Å²) < 4.78 is 10.6. The molecule has 8 nitrogen and oxygen atoms in total. The van der Waals surface area contributed by atoms with Crippen LogP contribution in [-0.2, 0) is 9.47 Å². The van der Waals surface area contributed by atoms with Crippen LogP contribution >= 0.6 is 0 Å². The lowest BCUT2D eigenvalue weighted by Gasteiger charge is -2.21. The van der Waals surface area contributed by atoms with Crippen LogP contribution in [0.4, 0.5) is 10.6 Å².